The van der Waals surface area contributed by atoms with Crippen molar-refractivity contribution in [3.63, 3.8) is 0 Å². The first-order chi connectivity index (χ1) is 9.26. The van der Waals surface area contributed by atoms with E-state index in [9.17, 15) is 4.79 Å². The highest BCUT2D eigenvalue weighted by Crippen LogP contribution is 2.01. The first-order valence-corrected chi connectivity index (χ1v) is 5.94. The summed E-state index contributed by atoms with van der Waals surface area (Å²) in [6.45, 7) is 4.91. The Morgan fingerprint density at radius 1 is 1.16 bits per heavy atom. The number of nitrogens with zero attached hydrogens (tertiary/aromatic N) is 8. The molecule has 102 valence electrons. The van der Waals surface area contributed by atoms with Crippen LogP contribution < -0.4 is 0 Å². The molecule has 0 N–H and O–H groups in total. The van der Waals surface area contributed by atoms with E-state index in [1.807, 2.05) is 6.92 Å². The first kappa shape index (κ1) is 13.1. The topological polar surface area (TPSA) is 114 Å². The highest BCUT2D eigenvalue weighted by Gasteiger charge is 2.18. The van der Waals surface area contributed by atoms with Gasteiger partial charge in [0.25, 0.3) is 5.82 Å². The SMILES string of the molecule is CCCn1nnnc1Cn1nnnc1C(=O)OCC. The van der Waals surface area contributed by atoms with Crippen molar-refractivity contribution in [3.05, 3.63) is 11.6 Å². The zero-order chi connectivity index (χ0) is 13.7. The Balaban J connectivity index is 2.17. The molecular formula is C9H14N8O2. The average Bonchev–Trinajstić information content (AvgIpc) is 3.01. The Hall–Kier alpha value is -2.39. The molecule has 0 aliphatic rings. The molecule has 19 heavy (non-hydrogen) atoms. The van der Waals surface area contributed by atoms with Crippen LogP contribution in [0.3, 0.4) is 0 Å². The molecule has 0 saturated heterocycles. The Morgan fingerprint density at radius 2 is 1.89 bits per heavy atom. The number of aromatic nitrogens is 8. The zero-order valence-electron chi connectivity index (χ0n) is 10.7. The quantitative estimate of drug-likeness (QED) is 0.630. The third-order valence-electron chi connectivity index (χ3n) is 2.32. The normalized spacial score (nSPS) is 10.6. The van der Waals surface area contributed by atoms with Crippen LogP contribution in [-0.4, -0.2) is 53.0 Å². The molecule has 2 rings (SSSR count). The van der Waals surface area contributed by atoms with E-state index in [0.717, 1.165) is 6.42 Å². The fraction of sp³-hybridized carbons (Fsp3) is 0.667. The van der Waals surface area contributed by atoms with Crippen molar-refractivity contribution in [3.8, 4) is 0 Å². The third-order valence-corrected chi connectivity index (χ3v) is 2.32. The molecule has 10 heteroatoms. The summed E-state index contributed by atoms with van der Waals surface area (Å²) in [4.78, 5) is 11.6. The molecule has 0 unspecified atom stereocenters. The second kappa shape index (κ2) is 5.98. The molecule has 0 aromatic carbocycles. The molecule has 2 heterocycles. The zero-order valence-corrected chi connectivity index (χ0v) is 10.7. The highest BCUT2D eigenvalue weighted by molar-refractivity contribution is 5.85. The lowest BCUT2D eigenvalue weighted by atomic mass is 10.4. The fourth-order valence-corrected chi connectivity index (χ4v) is 1.51. The molecule has 0 atom stereocenters. The lowest BCUT2D eigenvalue weighted by molar-refractivity contribution is 0.0505. The van der Waals surface area contributed by atoms with Gasteiger partial charge in [0.2, 0.25) is 0 Å². The van der Waals surface area contributed by atoms with Crippen LogP contribution in [0, 0.1) is 0 Å². The van der Waals surface area contributed by atoms with Crippen molar-refractivity contribution < 1.29 is 9.53 Å². The van der Waals surface area contributed by atoms with E-state index in [-0.39, 0.29) is 19.0 Å². The largest absolute Gasteiger partial charge is 0.460 e. The van der Waals surface area contributed by atoms with Crippen molar-refractivity contribution in [1.82, 2.24) is 40.4 Å². The van der Waals surface area contributed by atoms with Gasteiger partial charge in [-0.25, -0.2) is 14.2 Å². The molecule has 0 spiro atoms. The van der Waals surface area contributed by atoms with Crippen LogP contribution in [0.25, 0.3) is 0 Å². The van der Waals surface area contributed by atoms with E-state index in [1.165, 1.54) is 4.68 Å². The average molecular weight is 266 g/mol. The Labute approximate surface area is 108 Å². The van der Waals surface area contributed by atoms with Crippen molar-refractivity contribution >= 4 is 5.97 Å². The number of hydrogen-bond acceptors (Lipinski definition) is 8. The Bertz CT molecular complexity index is 548. The van der Waals surface area contributed by atoms with Crippen molar-refractivity contribution in [1.29, 1.82) is 0 Å². The number of hydrogen-bond donors (Lipinski definition) is 0. The minimum atomic E-state index is -0.568. The van der Waals surface area contributed by atoms with E-state index in [1.54, 1.807) is 11.6 Å². The molecule has 0 radical (unpaired) electrons. The maximum Gasteiger partial charge on any atom is 0.378 e. The van der Waals surface area contributed by atoms with Gasteiger partial charge < -0.3 is 4.74 Å². The van der Waals surface area contributed by atoms with Crippen LogP contribution in [0.2, 0.25) is 0 Å². The van der Waals surface area contributed by atoms with Gasteiger partial charge in [0.15, 0.2) is 5.82 Å². The smallest absolute Gasteiger partial charge is 0.378 e. The van der Waals surface area contributed by atoms with Crippen molar-refractivity contribution in [2.75, 3.05) is 6.61 Å². The first-order valence-electron chi connectivity index (χ1n) is 5.94. The molecule has 10 nitrogen and oxygen atoms in total. The minimum absolute atomic E-state index is 0.0351. The van der Waals surface area contributed by atoms with Crippen LogP contribution in [0.4, 0.5) is 0 Å². The Morgan fingerprint density at radius 3 is 2.63 bits per heavy atom. The minimum Gasteiger partial charge on any atom is -0.460 e. The lowest BCUT2D eigenvalue weighted by Crippen LogP contribution is -2.17. The molecule has 0 fully saturated rings. The number of rotatable bonds is 6. The number of tetrazole rings is 2. The van der Waals surface area contributed by atoms with E-state index in [4.69, 9.17) is 4.74 Å². The van der Waals surface area contributed by atoms with Gasteiger partial charge in [-0.3, -0.25) is 0 Å². The second-order valence-electron chi connectivity index (χ2n) is 3.70. The van der Waals surface area contributed by atoms with Gasteiger partial charge in [0.05, 0.1) is 6.61 Å². The van der Waals surface area contributed by atoms with Crippen LogP contribution in [-0.2, 0) is 17.8 Å². The summed E-state index contributed by atoms with van der Waals surface area (Å²) in [6.07, 6.45) is 0.901. The van der Waals surface area contributed by atoms with E-state index in [0.29, 0.717) is 12.4 Å². The standard InChI is InChI=1S/C9H14N8O2/c1-3-5-16-7(10-12-14-16)6-17-8(11-13-15-17)9(18)19-4-2/h3-6H2,1-2H3. The molecule has 0 aliphatic heterocycles. The summed E-state index contributed by atoms with van der Waals surface area (Å²) in [5, 5.41) is 22.2. The highest BCUT2D eigenvalue weighted by atomic mass is 16.5. The second-order valence-corrected chi connectivity index (χ2v) is 3.70. The number of carbonyl (C=O) groups is 1. The van der Waals surface area contributed by atoms with Crippen LogP contribution in [0.1, 0.15) is 36.7 Å². The Kier molecular flexibility index (Phi) is 4.11. The van der Waals surface area contributed by atoms with Gasteiger partial charge in [0.1, 0.15) is 6.54 Å². The number of esters is 1. The number of ether oxygens (including phenoxy) is 1. The van der Waals surface area contributed by atoms with Crippen LogP contribution in [0.5, 0.6) is 0 Å². The molecule has 0 amide bonds. The van der Waals surface area contributed by atoms with Crippen LogP contribution >= 0.6 is 0 Å². The molecule has 0 aliphatic carbocycles. The molecule has 0 saturated carbocycles. The van der Waals surface area contributed by atoms with Gasteiger partial charge in [-0.1, -0.05) is 6.92 Å². The molecule has 2 aromatic heterocycles. The predicted octanol–water partition coefficient (Wildman–Crippen LogP) is -0.705. The summed E-state index contributed by atoms with van der Waals surface area (Å²) in [7, 11) is 0. The van der Waals surface area contributed by atoms with Gasteiger partial charge in [0, 0.05) is 6.54 Å². The summed E-state index contributed by atoms with van der Waals surface area (Å²) in [5.41, 5.74) is 0. The van der Waals surface area contributed by atoms with E-state index in [2.05, 4.69) is 31.1 Å². The van der Waals surface area contributed by atoms with E-state index < -0.39 is 5.97 Å². The monoisotopic (exact) mass is 266 g/mol. The van der Waals surface area contributed by atoms with Gasteiger partial charge >= 0.3 is 5.97 Å². The summed E-state index contributed by atoms with van der Waals surface area (Å²) in [6, 6.07) is 0. The molecule has 0 bridgehead atoms. The van der Waals surface area contributed by atoms with Gasteiger partial charge in [-0.2, -0.15) is 0 Å². The van der Waals surface area contributed by atoms with Gasteiger partial charge in [-0.15, -0.1) is 10.2 Å². The molecular weight excluding hydrogens is 252 g/mol. The number of carbonyl (C=O) groups excluding carboxylic acids is 1. The summed E-state index contributed by atoms with van der Waals surface area (Å²) < 4.78 is 7.83. The van der Waals surface area contributed by atoms with Gasteiger partial charge in [-0.05, 0) is 34.2 Å². The maximum absolute atomic E-state index is 11.6. The lowest BCUT2D eigenvalue weighted by Gasteiger charge is -2.04. The molecule has 2 aromatic rings. The number of aryl methyl sites for hydroxylation is 1. The van der Waals surface area contributed by atoms with E-state index >= 15 is 0 Å². The fourth-order valence-electron chi connectivity index (χ4n) is 1.51. The third kappa shape index (κ3) is 2.89. The van der Waals surface area contributed by atoms with Crippen molar-refractivity contribution in [2.24, 2.45) is 0 Å². The van der Waals surface area contributed by atoms with Crippen LogP contribution in [0.15, 0.2) is 0 Å². The predicted molar refractivity (Wildman–Crippen MR) is 61.0 cm³/mol. The summed E-state index contributed by atoms with van der Waals surface area (Å²) >= 11 is 0. The van der Waals surface area contributed by atoms with Crippen molar-refractivity contribution in [2.45, 2.75) is 33.4 Å². The summed E-state index contributed by atoms with van der Waals surface area (Å²) in [5.74, 6) is 0.0506. The maximum atomic E-state index is 11.6.